The molecule has 176 valence electrons. The molecule has 6 nitrogen and oxygen atoms in total. The molecule has 1 saturated heterocycles. The van der Waals surface area contributed by atoms with Crippen LogP contribution in [0.5, 0.6) is 0 Å². The average Bonchev–Trinajstić information content (AvgIpc) is 3.28. The second-order valence-electron chi connectivity index (χ2n) is 8.09. The van der Waals surface area contributed by atoms with Crippen molar-refractivity contribution < 1.29 is 9.53 Å². The van der Waals surface area contributed by atoms with Gasteiger partial charge in [0.1, 0.15) is 0 Å². The summed E-state index contributed by atoms with van der Waals surface area (Å²) in [4.78, 5) is 23.1. The van der Waals surface area contributed by atoms with Crippen LogP contribution < -0.4 is 5.32 Å². The van der Waals surface area contributed by atoms with Gasteiger partial charge in [-0.05, 0) is 56.3 Å². The highest BCUT2D eigenvalue weighted by Crippen LogP contribution is 2.15. The summed E-state index contributed by atoms with van der Waals surface area (Å²) in [6.07, 6.45) is 1.15. The van der Waals surface area contributed by atoms with E-state index in [1.165, 1.54) is 4.88 Å². The zero-order valence-corrected chi connectivity index (χ0v) is 22.6. The van der Waals surface area contributed by atoms with Gasteiger partial charge in [-0.15, -0.1) is 35.3 Å². The molecular formula is C24H35IN4O2S. The Kier molecular flexibility index (Phi) is 10.9. The van der Waals surface area contributed by atoms with Crippen LogP contribution >= 0.6 is 35.3 Å². The molecule has 2 unspecified atom stereocenters. The highest BCUT2D eigenvalue weighted by Gasteiger charge is 2.26. The molecule has 1 N–H and O–H groups in total. The van der Waals surface area contributed by atoms with E-state index in [9.17, 15) is 4.79 Å². The van der Waals surface area contributed by atoms with Gasteiger partial charge in [0.25, 0.3) is 5.91 Å². The van der Waals surface area contributed by atoms with Gasteiger partial charge in [0.2, 0.25) is 0 Å². The SMILES string of the molecule is CCNC(=NCc1ccc(C(=O)N2CC(C)OC(C)C2)cc1)N(C)CCc1cccs1.I. The number of hydrogen-bond donors (Lipinski definition) is 1. The van der Waals surface area contributed by atoms with Crippen molar-refractivity contribution >= 4 is 47.2 Å². The molecule has 0 spiro atoms. The molecule has 0 aliphatic carbocycles. The van der Waals surface area contributed by atoms with Gasteiger partial charge in [-0.1, -0.05) is 18.2 Å². The molecule has 32 heavy (non-hydrogen) atoms. The molecule has 0 radical (unpaired) electrons. The summed E-state index contributed by atoms with van der Waals surface area (Å²) in [6.45, 7) is 9.69. The van der Waals surface area contributed by atoms with E-state index in [4.69, 9.17) is 9.73 Å². The van der Waals surface area contributed by atoms with Crippen molar-refractivity contribution in [2.45, 2.75) is 45.9 Å². The van der Waals surface area contributed by atoms with E-state index in [1.807, 2.05) is 43.0 Å². The van der Waals surface area contributed by atoms with Crippen molar-refractivity contribution in [3.63, 3.8) is 0 Å². The number of halogens is 1. The number of thiophene rings is 1. The van der Waals surface area contributed by atoms with E-state index >= 15 is 0 Å². The zero-order valence-electron chi connectivity index (χ0n) is 19.4. The van der Waals surface area contributed by atoms with E-state index < -0.39 is 0 Å². The fraction of sp³-hybridized carbons (Fsp3) is 0.500. The second-order valence-corrected chi connectivity index (χ2v) is 9.12. The Morgan fingerprint density at radius 1 is 1.22 bits per heavy atom. The molecule has 1 fully saturated rings. The number of rotatable bonds is 7. The van der Waals surface area contributed by atoms with E-state index in [-0.39, 0.29) is 42.1 Å². The number of ether oxygens (including phenoxy) is 1. The summed E-state index contributed by atoms with van der Waals surface area (Å²) in [5, 5.41) is 5.48. The van der Waals surface area contributed by atoms with Crippen LogP contribution in [0.3, 0.4) is 0 Å². The molecule has 8 heteroatoms. The van der Waals surface area contributed by atoms with Crippen LogP contribution in [-0.4, -0.2) is 67.1 Å². The molecule has 1 amide bonds. The Hall–Kier alpha value is -1.65. The van der Waals surface area contributed by atoms with Gasteiger partial charge < -0.3 is 19.9 Å². The van der Waals surface area contributed by atoms with Crippen LogP contribution in [0.4, 0.5) is 0 Å². The van der Waals surface area contributed by atoms with Gasteiger partial charge in [-0.25, -0.2) is 4.99 Å². The van der Waals surface area contributed by atoms with Crippen molar-refractivity contribution in [2.24, 2.45) is 4.99 Å². The van der Waals surface area contributed by atoms with Crippen molar-refractivity contribution in [2.75, 3.05) is 33.2 Å². The summed E-state index contributed by atoms with van der Waals surface area (Å²) in [5.74, 6) is 0.967. The summed E-state index contributed by atoms with van der Waals surface area (Å²) in [5.41, 5.74) is 1.80. The van der Waals surface area contributed by atoms with Gasteiger partial charge in [0, 0.05) is 43.7 Å². The maximum Gasteiger partial charge on any atom is 0.254 e. The van der Waals surface area contributed by atoms with Gasteiger partial charge in [0.15, 0.2) is 5.96 Å². The third-order valence-corrected chi connectivity index (χ3v) is 6.23. The number of carbonyl (C=O) groups excluding carboxylic acids is 1. The number of nitrogens with zero attached hydrogens (tertiary/aromatic N) is 3. The summed E-state index contributed by atoms with van der Waals surface area (Å²) in [6, 6.07) is 12.1. The second kappa shape index (κ2) is 13.2. The quantitative estimate of drug-likeness (QED) is 0.307. The molecule has 0 saturated carbocycles. The predicted octanol–water partition coefficient (Wildman–Crippen LogP) is 4.26. The Labute approximate surface area is 213 Å². The normalized spacial score (nSPS) is 18.8. The lowest BCUT2D eigenvalue weighted by atomic mass is 10.1. The first kappa shape index (κ1) is 26.6. The molecule has 0 bridgehead atoms. The topological polar surface area (TPSA) is 57.2 Å². The van der Waals surface area contributed by atoms with Crippen LogP contribution in [0.1, 0.15) is 41.6 Å². The minimum atomic E-state index is 0. The highest BCUT2D eigenvalue weighted by molar-refractivity contribution is 14.0. The van der Waals surface area contributed by atoms with E-state index in [1.54, 1.807) is 11.3 Å². The standard InChI is InChI=1S/C24H34N4O2S.HI/c1-5-25-24(27(4)13-12-22-7-6-14-31-22)26-15-20-8-10-21(11-9-20)23(29)28-16-18(2)30-19(3)17-28;/h6-11,14,18-19H,5,12-13,15-17H2,1-4H3,(H,25,26);1H. The van der Waals surface area contributed by atoms with Crippen LogP contribution in [-0.2, 0) is 17.7 Å². The molecule has 2 atom stereocenters. The molecule has 1 aliphatic rings. The third kappa shape index (κ3) is 7.74. The van der Waals surface area contributed by atoms with E-state index in [0.29, 0.717) is 25.2 Å². The number of aliphatic imine (C=N–C) groups is 1. The van der Waals surface area contributed by atoms with Gasteiger partial charge in [-0.2, -0.15) is 0 Å². The fourth-order valence-electron chi connectivity index (χ4n) is 3.75. The lowest BCUT2D eigenvalue weighted by molar-refractivity contribution is -0.0586. The molecule has 1 aromatic carbocycles. The zero-order chi connectivity index (χ0) is 22.2. The summed E-state index contributed by atoms with van der Waals surface area (Å²) < 4.78 is 5.74. The van der Waals surface area contributed by atoms with Crippen molar-refractivity contribution in [1.82, 2.24) is 15.1 Å². The van der Waals surface area contributed by atoms with Crippen LogP contribution in [0.15, 0.2) is 46.8 Å². The van der Waals surface area contributed by atoms with E-state index in [2.05, 4.69) is 41.7 Å². The molecule has 3 rings (SSSR count). The Morgan fingerprint density at radius 3 is 2.50 bits per heavy atom. The Morgan fingerprint density at radius 2 is 1.91 bits per heavy atom. The number of likely N-dealkylation sites (N-methyl/N-ethyl adjacent to an activating group) is 1. The number of hydrogen-bond acceptors (Lipinski definition) is 4. The van der Waals surface area contributed by atoms with Crippen molar-refractivity contribution in [3.8, 4) is 0 Å². The minimum absolute atomic E-state index is 0. The van der Waals surface area contributed by atoms with E-state index in [0.717, 1.165) is 31.0 Å². The molecule has 2 heterocycles. The number of guanidine groups is 1. The third-order valence-electron chi connectivity index (χ3n) is 5.29. The summed E-state index contributed by atoms with van der Waals surface area (Å²) in [7, 11) is 2.07. The lowest BCUT2D eigenvalue weighted by Gasteiger charge is -2.35. The van der Waals surface area contributed by atoms with Gasteiger partial charge in [-0.3, -0.25) is 4.79 Å². The van der Waals surface area contributed by atoms with Gasteiger partial charge >= 0.3 is 0 Å². The first-order chi connectivity index (χ1) is 15.0. The smallest absolute Gasteiger partial charge is 0.254 e. The van der Waals surface area contributed by atoms with Gasteiger partial charge in [0.05, 0.1) is 18.8 Å². The number of amides is 1. The minimum Gasteiger partial charge on any atom is -0.372 e. The first-order valence-corrected chi connectivity index (χ1v) is 11.9. The Bertz CT molecular complexity index is 847. The Balaban J connectivity index is 0.00000363. The molecule has 1 aromatic heterocycles. The molecule has 2 aromatic rings. The fourth-order valence-corrected chi connectivity index (χ4v) is 4.45. The van der Waals surface area contributed by atoms with Crippen molar-refractivity contribution in [3.05, 3.63) is 57.8 Å². The van der Waals surface area contributed by atoms with Crippen LogP contribution in [0, 0.1) is 0 Å². The first-order valence-electron chi connectivity index (χ1n) is 11.0. The van der Waals surface area contributed by atoms with Crippen LogP contribution in [0.2, 0.25) is 0 Å². The monoisotopic (exact) mass is 570 g/mol. The lowest BCUT2D eigenvalue weighted by Crippen LogP contribution is -2.48. The van der Waals surface area contributed by atoms with Crippen molar-refractivity contribution in [1.29, 1.82) is 0 Å². The number of morpholine rings is 1. The largest absolute Gasteiger partial charge is 0.372 e. The predicted molar refractivity (Wildman–Crippen MR) is 143 cm³/mol. The average molecular weight is 571 g/mol. The maximum absolute atomic E-state index is 12.8. The van der Waals surface area contributed by atoms with Crippen LogP contribution in [0.25, 0.3) is 0 Å². The molecular weight excluding hydrogens is 535 g/mol. The maximum atomic E-state index is 12.8. The summed E-state index contributed by atoms with van der Waals surface area (Å²) >= 11 is 1.79. The molecule has 1 aliphatic heterocycles. The number of nitrogens with one attached hydrogen (secondary N) is 1. The highest BCUT2D eigenvalue weighted by atomic mass is 127. The number of carbonyl (C=O) groups is 1. The number of benzene rings is 1.